The first-order valence-corrected chi connectivity index (χ1v) is 39.6. The minimum atomic E-state index is -2.20. The number of halogens is 2. The summed E-state index contributed by atoms with van der Waals surface area (Å²) in [5.41, 5.74) is 5.78. The largest absolute Gasteiger partial charge is 0.508 e. The SMILES string of the molecule is CCCCc1ccc(NC(=O)NC(=O)C[C@@H]2CC(=O)[C@H](NC(=O)[C@H](CC)CC(C)C)[C@H](O)c3ccc(c(Cl)c3)Oc3cc4cc(c3O[C@@H]3O[C@H](CN)[C@@H](O)[C@H](O)[C@H]3O)Oc3ccc(cc3Cl)[C@@H](O)[C@@H]3NC(=O)[C@H](CC(=O)C4NC2=O)c2ccc(O)c(c2)-c2c(O)cc(O)cc2[C@@H](C(=O)CC2C4CC5CC(C4)CC2C5)NC3=O)cc1. The molecule has 6 aliphatic heterocycles. The summed E-state index contributed by atoms with van der Waals surface area (Å²) in [7, 11) is 0. The Labute approximate surface area is 667 Å². The summed E-state index contributed by atoms with van der Waals surface area (Å²) >= 11 is 14.3. The number of aryl methyl sites for hydroxylation is 1. The highest BCUT2D eigenvalue weighted by Crippen LogP contribution is 2.58. The molecule has 5 fully saturated rings. The molecule has 0 radical (unpaired) electrons. The third kappa shape index (κ3) is 17.7. The van der Waals surface area contributed by atoms with E-state index in [0.29, 0.717) is 18.3 Å². The van der Waals surface area contributed by atoms with Crippen molar-refractivity contribution in [3.63, 3.8) is 0 Å². The zero-order valence-corrected chi connectivity index (χ0v) is 64.7. The standard InChI is InChI=1S/C84H95Cl2N7O21/c1-5-7-8-38-9-14-49(15-10-38)88-84(110)89-67(100)31-48-28-59(97)71(92-79(106)41(6-2)19-37(3)4)73(101)43-12-17-62(55(85)26-43)111-64-29-47-30-65(78(64)114-83-77(105)76(104)75(103)66(36-87)113-83)112-63-18-13-44(27-56(63)86)74(102)72-82(109)91-70(61(99)34-51-45-21-39-20-40(23-45)24-46(51)22-39)54-32-50(94)33-58(96)68(54)53-25-42(11-16-57(53)95)52(81(108)93-72)35-60(98)69(47)90-80(48)107/h9-18,25-27,29-30,32-33,37,39-41,45-46,48,51-52,66,69-77,83,94-96,101-105H,5-8,19-24,28,31,34-36,87H2,1-4H3,(H,90,107)(H,91,109)(H,92,106)(H,93,108)(H2,88,89,100,110)/t39?,40?,41-,45?,46?,48+,51?,52-,66-,69?,70+,71+,72+,73-,74-,75-,76+,77-,83+/m1/s1. The van der Waals surface area contributed by atoms with Crippen LogP contribution in [-0.4, -0.2) is 143 Å². The zero-order valence-electron chi connectivity index (χ0n) is 63.2. The maximum Gasteiger partial charge on any atom is 0.325 e. The summed E-state index contributed by atoms with van der Waals surface area (Å²) in [5.74, 6) is -15.6. The van der Waals surface area contributed by atoms with E-state index >= 15 is 28.8 Å². The van der Waals surface area contributed by atoms with Crippen molar-refractivity contribution in [3.8, 4) is 57.1 Å². The molecule has 6 heterocycles. The number of aliphatic hydroxyl groups is 5. The Kier molecular flexibility index (Phi) is 25.1. The number of aromatic hydroxyl groups is 3. The second-order valence-electron chi connectivity index (χ2n) is 31.8. The van der Waals surface area contributed by atoms with Gasteiger partial charge < -0.3 is 92.1 Å². The van der Waals surface area contributed by atoms with E-state index in [-0.39, 0.29) is 103 Å². The number of benzene rings is 6. The van der Waals surface area contributed by atoms with Crippen molar-refractivity contribution in [3.05, 3.63) is 147 Å². The molecule has 1 saturated heterocycles. The van der Waals surface area contributed by atoms with Gasteiger partial charge in [0.15, 0.2) is 28.8 Å². The molecule has 28 nitrogen and oxygen atoms in total. The van der Waals surface area contributed by atoms with Crippen molar-refractivity contribution in [1.29, 1.82) is 0 Å². The van der Waals surface area contributed by atoms with Gasteiger partial charge in [-0.25, -0.2) is 4.79 Å². The van der Waals surface area contributed by atoms with Crippen LogP contribution in [0, 0.1) is 47.3 Å². The smallest absolute Gasteiger partial charge is 0.325 e. The monoisotopic (exact) mass is 1610 g/mol. The quantitative estimate of drug-likeness (QED) is 0.0404. The lowest BCUT2D eigenvalue weighted by Gasteiger charge is -2.54. The summed E-state index contributed by atoms with van der Waals surface area (Å²) in [6.07, 6.45) is -8.50. The summed E-state index contributed by atoms with van der Waals surface area (Å²) in [6.45, 7) is 7.13. The number of anilines is 1. The van der Waals surface area contributed by atoms with Crippen LogP contribution in [0.3, 0.4) is 0 Å². The van der Waals surface area contributed by atoms with Gasteiger partial charge in [-0.2, -0.15) is 0 Å². The van der Waals surface area contributed by atoms with E-state index in [4.69, 9.17) is 47.9 Å². The maximum atomic E-state index is 16.5. The molecule has 6 aromatic carbocycles. The fourth-order valence-electron chi connectivity index (χ4n) is 17.7. The van der Waals surface area contributed by atoms with Crippen molar-refractivity contribution in [2.24, 2.45) is 53.1 Å². The van der Waals surface area contributed by atoms with Gasteiger partial charge in [-0.05, 0) is 193 Å². The molecule has 7 amide bonds. The highest BCUT2D eigenvalue weighted by Gasteiger charge is 2.51. The van der Waals surface area contributed by atoms with Crippen molar-refractivity contribution in [2.45, 2.75) is 191 Å². The van der Waals surface area contributed by atoms with Crippen LogP contribution in [0.1, 0.15) is 175 Å². The van der Waals surface area contributed by atoms with Gasteiger partial charge in [-0.15, -0.1) is 0 Å². The number of nitrogens with one attached hydrogen (secondary N) is 6. The van der Waals surface area contributed by atoms with Gasteiger partial charge in [0.2, 0.25) is 41.6 Å². The average molecular weight is 1610 g/mol. The Balaban J connectivity index is 0.991. The zero-order chi connectivity index (χ0) is 81.4. The van der Waals surface area contributed by atoms with Gasteiger partial charge in [0, 0.05) is 61.0 Å². The van der Waals surface area contributed by atoms with E-state index in [1.807, 2.05) is 20.8 Å². The normalized spacial score (nSPS) is 28.2. The molecule has 1 unspecified atom stereocenters. The fraction of sp³-hybridized carbons (Fsp3) is 0.464. The van der Waals surface area contributed by atoms with Crippen LogP contribution in [0.15, 0.2) is 103 Å². The van der Waals surface area contributed by atoms with Crippen molar-refractivity contribution >= 4 is 81.8 Å². The number of nitrogens with two attached hydrogens (primary N) is 1. The molecule has 30 heteroatoms. The number of hydrogen-bond donors (Lipinski definition) is 15. The number of aliphatic hydroxyl groups excluding tert-OH is 5. The van der Waals surface area contributed by atoms with E-state index in [0.717, 1.165) is 87.3 Å². The highest BCUT2D eigenvalue weighted by molar-refractivity contribution is 6.32. The molecule has 0 aromatic heterocycles. The molecular formula is C84H95Cl2N7O21. The molecule has 0 spiro atoms. The van der Waals surface area contributed by atoms with Gasteiger partial charge >= 0.3 is 6.03 Å². The second-order valence-corrected chi connectivity index (χ2v) is 32.7. The Hall–Kier alpha value is -9.75. The lowest BCUT2D eigenvalue weighted by molar-refractivity contribution is -0.270. The number of Topliss-reactive ketones (excluding diaryl/α,β-unsaturated/α-hetero) is 3. The second kappa shape index (κ2) is 34.8. The molecular weight excluding hydrogens is 1510 g/mol. The van der Waals surface area contributed by atoms with Crippen LogP contribution < -0.4 is 51.8 Å². The molecule has 14 atom stereocenters. The van der Waals surface area contributed by atoms with E-state index in [1.54, 1.807) is 31.2 Å². The molecule has 114 heavy (non-hydrogen) atoms. The van der Waals surface area contributed by atoms with Gasteiger partial charge in [-0.1, -0.05) is 87.6 Å². The van der Waals surface area contributed by atoms with Crippen molar-refractivity contribution in [1.82, 2.24) is 26.6 Å². The topological polar surface area (TPSA) is 451 Å². The number of rotatable bonds is 17. The van der Waals surface area contributed by atoms with E-state index in [2.05, 4.69) is 31.9 Å². The van der Waals surface area contributed by atoms with Gasteiger partial charge in [0.1, 0.15) is 89.5 Å². The third-order valence-electron chi connectivity index (χ3n) is 23.5. The number of carbonyl (C=O) groups excluding carboxylic acids is 9. The third-order valence-corrected chi connectivity index (χ3v) is 24.1. The van der Waals surface area contributed by atoms with Crippen molar-refractivity contribution < 1.29 is 103 Å². The van der Waals surface area contributed by atoms with Gasteiger partial charge in [-0.3, -0.25) is 43.7 Å². The molecule has 4 aliphatic carbocycles. The highest BCUT2D eigenvalue weighted by atomic mass is 35.5. The number of imide groups is 1. The molecule has 606 valence electrons. The van der Waals surface area contributed by atoms with Crippen LogP contribution >= 0.6 is 23.2 Å². The summed E-state index contributed by atoms with van der Waals surface area (Å²) in [6, 6.07) is 13.2. The molecule has 15 bridgehead atoms. The first-order valence-electron chi connectivity index (χ1n) is 38.9. The summed E-state index contributed by atoms with van der Waals surface area (Å²) in [4.78, 5) is 138. The van der Waals surface area contributed by atoms with Crippen LogP contribution in [-0.2, 0) is 49.5 Å². The Bertz CT molecular complexity index is 4690. The number of amides is 7. The van der Waals surface area contributed by atoms with E-state index in [9.17, 15) is 55.2 Å². The number of urea groups is 1. The van der Waals surface area contributed by atoms with Crippen LogP contribution in [0.25, 0.3) is 11.1 Å². The Morgan fingerprint density at radius 1 is 0.649 bits per heavy atom. The number of phenolic OH excluding ortho intramolecular Hbond substituents is 3. The Morgan fingerprint density at radius 3 is 1.90 bits per heavy atom. The van der Waals surface area contributed by atoms with Crippen LogP contribution in [0.4, 0.5) is 10.5 Å². The van der Waals surface area contributed by atoms with Crippen LogP contribution in [0.5, 0.6) is 46.0 Å². The molecule has 6 aromatic rings. The van der Waals surface area contributed by atoms with Crippen LogP contribution in [0.2, 0.25) is 10.0 Å². The first kappa shape index (κ1) is 82.2. The number of ether oxygens (including phenoxy) is 4. The molecule has 16 N–H and O–H groups in total. The number of carbonyl (C=O) groups is 9. The predicted molar refractivity (Wildman–Crippen MR) is 414 cm³/mol. The summed E-state index contributed by atoms with van der Waals surface area (Å²) < 4.78 is 25.8. The lowest BCUT2D eigenvalue weighted by Crippen LogP contribution is -2.60. The molecule has 10 aliphatic rings. The maximum absolute atomic E-state index is 16.5. The first-order chi connectivity index (χ1) is 54.4. The van der Waals surface area contributed by atoms with Crippen molar-refractivity contribution in [2.75, 3.05) is 11.9 Å². The Morgan fingerprint density at radius 2 is 1.29 bits per heavy atom. The van der Waals surface area contributed by atoms with E-state index in [1.165, 1.54) is 48.5 Å². The molecule has 4 saturated carbocycles. The average Bonchev–Trinajstić information content (AvgIpc) is 0.759. The summed E-state index contributed by atoms with van der Waals surface area (Å²) in [5, 5.41) is 110. The number of ketones is 3. The fourth-order valence-corrected chi connectivity index (χ4v) is 18.2. The van der Waals surface area contributed by atoms with Gasteiger partial charge in [0.25, 0.3) is 0 Å². The number of hydrogen-bond acceptors (Lipinski definition) is 22. The number of unbranched alkanes of at least 4 members (excludes halogenated alkanes) is 1. The minimum absolute atomic E-state index is 0.0284. The minimum Gasteiger partial charge on any atom is -0.508 e. The lowest BCUT2D eigenvalue weighted by atomic mass is 9.51. The molecule has 16 rings (SSSR count). The van der Waals surface area contributed by atoms with Gasteiger partial charge in [0.05, 0.1) is 21.9 Å². The number of phenols is 3. The predicted octanol–water partition coefficient (Wildman–Crippen LogP) is 9.40. The number of fused-ring (bicyclic) bond motifs is 15. The van der Waals surface area contributed by atoms with E-state index < -0.39 is 198 Å².